The maximum atomic E-state index is 12.2. The number of hydrogen-bond acceptors (Lipinski definition) is 5. The molecule has 0 heterocycles. The number of hydrogen-bond donors (Lipinski definition) is 4. The highest BCUT2D eigenvalue weighted by molar-refractivity contribution is 5.86. The molecule has 0 aromatic heterocycles. The topological polar surface area (TPSA) is 125 Å². The van der Waals surface area contributed by atoms with Crippen molar-refractivity contribution in [1.29, 1.82) is 0 Å². The fraction of sp³-hybridized carbons (Fsp3) is 0.375. The molecule has 1 fully saturated rings. The molecule has 2 aliphatic rings. The van der Waals surface area contributed by atoms with Crippen LogP contribution < -0.4 is 10.6 Å². The van der Waals surface area contributed by atoms with Gasteiger partial charge in [-0.1, -0.05) is 48.5 Å². The summed E-state index contributed by atoms with van der Waals surface area (Å²) in [6, 6.07) is 15.1. The number of aliphatic hydroxyl groups is 1. The van der Waals surface area contributed by atoms with Crippen molar-refractivity contribution in [3.8, 4) is 11.1 Å². The molecule has 0 radical (unpaired) electrons. The third kappa shape index (κ3) is 4.60. The smallest absolute Gasteiger partial charge is 0.407 e. The van der Waals surface area contributed by atoms with Gasteiger partial charge in [-0.2, -0.15) is 0 Å². The number of carbonyl (C=O) groups is 3. The van der Waals surface area contributed by atoms with Gasteiger partial charge >= 0.3 is 12.1 Å². The van der Waals surface area contributed by atoms with Crippen molar-refractivity contribution in [2.45, 2.75) is 24.8 Å². The molecule has 0 spiro atoms. The van der Waals surface area contributed by atoms with Crippen molar-refractivity contribution >= 4 is 18.0 Å². The summed E-state index contributed by atoms with van der Waals surface area (Å²) in [5.74, 6) is -1.97. The largest absolute Gasteiger partial charge is 0.480 e. The predicted octanol–water partition coefficient (Wildman–Crippen LogP) is 2.11. The van der Waals surface area contributed by atoms with Crippen LogP contribution in [0.15, 0.2) is 48.5 Å². The highest BCUT2D eigenvalue weighted by atomic mass is 16.5. The molecule has 4 rings (SSSR count). The van der Waals surface area contributed by atoms with Gasteiger partial charge in [0, 0.05) is 31.4 Å². The number of ether oxygens (including phenoxy) is 1. The van der Waals surface area contributed by atoms with Crippen LogP contribution in [0, 0.1) is 11.8 Å². The van der Waals surface area contributed by atoms with Crippen LogP contribution in [0.5, 0.6) is 0 Å². The van der Waals surface area contributed by atoms with Gasteiger partial charge in [-0.25, -0.2) is 9.59 Å². The molecule has 4 N–H and O–H groups in total. The fourth-order valence-corrected chi connectivity index (χ4v) is 4.32. The third-order valence-electron chi connectivity index (χ3n) is 6.14. The zero-order chi connectivity index (χ0) is 22.7. The van der Waals surface area contributed by atoms with Crippen molar-refractivity contribution in [2.24, 2.45) is 11.8 Å². The molecule has 0 aliphatic heterocycles. The first-order valence-corrected chi connectivity index (χ1v) is 10.7. The molecule has 8 nitrogen and oxygen atoms in total. The van der Waals surface area contributed by atoms with Crippen molar-refractivity contribution in [3.63, 3.8) is 0 Å². The second-order valence-corrected chi connectivity index (χ2v) is 8.22. The van der Waals surface area contributed by atoms with Gasteiger partial charge in [0.15, 0.2) is 0 Å². The Hall–Kier alpha value is -3.39. The van der Waals surface area contributed by atoms with E-state index in [-0.39, 0.29) is 49.8 Å². The van der Waals surface area contributed by atoms with E-state index in [4.69, 9.17) is 14.9 Å². The maximum absolute atomic E-state index is 12.2. The molecule has 32 heavy (non-hydrogen) atoms. The number of carboxylic acids is 1. The highest BCUT2D eigenvalue weighted by Gasteiger charge is 2.44. The molecule has 0 unspecified atom stereocenters. The first-order valence-electron chi connectivity index (χ1n) is 10.7. The summed E-state index contributed by atoms with van der Waals surface area (Å²) >= 11 is 0. The van der Waals surface area contributed by atoms with Gasteiger partial charge in [-0.05, 0) is 34.6 Å². The van der Waals surface area contributed by atoms with Crippen LogP contribution in [0.3, 0.4) is 0 Å². The number of carbonyl (C=O) groups excluding carboxylic acids is 2. The Morgan fingerprint density at radius 1 is 1.03 bits per heavy atom. The summed E-state index contributed by atoms with van der Waals surface area (Å²) in [7, 11) is 0. The zero-order valence-corrected chi connectivity index (χ0v) is 17.5. The van der Waals surface area contributed by atoms with E-state index in [9.17, 15) is 14.4 Å². The van der Waals surface area contributed by atoms with E-state index >= 15 is 0 Å². The van der Waals surface area contributed by atoms with E-state index in [2.05, 4.69) is 34.9 Å². The lowest BCUT2D eigenvalue weighted by Crippen LogP contribution is -2.42. The maximum Gasteiger partial charge on any atom is 0.407 e. The minimum atomic E-state index is -1.18. The van der Waals surface area contributed by atoms with Crippen molar-refractivity contribution in [2.75, 3.05) is 19.8 Å². The molecule has 0 saturated heterocycles. The van der Waals surface area contributed by atoms with Crippen LogP contribution in [0.2, 0.25) is 0 Å². The van der Waals surface area contributed by atoms with Gasteiger partial charge in [-0.3, -0.25) is 4.79 Å². The summed E-state index contributed by atoms with van der Waals surface area (Å²) in [5.41, 5.74) is 4.59. The van der Waals surface area contributed by atoms with E-state index in [1.54, 1.807) is 0 Å². The molecule has 1 saturated carbocycles. The van der Waals surface area contributed by atoms with Gasteiger partial charge in [0.2, 0.25) is 5.91 Å². The number of alkyl carbamates (subject to hydrolysis) is 1. The van der Waals surface area contributed by atoms with Gasteiger partial charge < -0.3 is 25.6 Å². The van der Waals surface area contributed by atoms with E-state index in [0.29, 0.717) is 6.42 Å². The average molecular weight is 438 g/mol. The highest BCUT2D eigenvalue weighted by Crippen LogP contribution is 2.44. The molecule has 0 bridgehead atoms. The quantitative estimate of drug-likeness (QED) is 0.475. The minimum absolute atomic E-state index is 0.0212. The standard InChI is InChI=1S/C24H26N2O6/c27-10-9-21(23(29)30)26-22(28)19-11-14(19)12-25-24(31)32-13-20-17-7-3-1-5-15(17)16-6-2-4-8-18(16)20/h1-8,14,19-21,27H,9-13H2,(H,25,31)(H,26,28)(H,29,30)/t14-,19-,21+/m1/s1. The number of nitrogens with one attached hydrogen (secondary N) is 2. The average Bonchev–Trinajstić information content (AvgIpc) is 3.51. The van der Waals surface area contributed by atoms with Crippen molar-refractivity contribution < 1.29 is 29.3 Å². The number of aliphatic hydroxyl groups excluding tert-OH is 1. The summed E-state index contributed by atoms with van der Waals surface area (Å²) in [4.78, 5) is 35.5. The second kappa shape index (κ2) is 9.40. The first-order chi connectivity index (χ1) is 15.5. The lowest BCUT2D eigenvalue weighted by molar-refractivity contribution is -0.142. The minimum Gasteiger partial charge on any atom is -0.480 e. The van der Waals surface area contributed by atoms with Gasteiger partial charge in [0.05, 0.1) is 0 Å². The van der Waals surface area contributed by atoms with Crippen molar-refractivity contribution in [3.05, 3.63) is 59.7 Å². The molecular formula is C24H26N2O6. The summed E-state index contributed by atoms with van der Waals surface area (Å²) < 4.78 is 5.49. The Morgan fingerprint density at radius 3 is 2.25 bits per heavy atom. The van der Waals surface area contributed by atoms with Crippen LogP contribution in [-0.2, 0) is 14.3 Å². The van der Waals surface area contributed by atoms with E-state index in [1.165, 1.54) is 0 Å². The number of amides is 2. The van der Waals surface area contributed by atoms with Crippen LogP contribution in [-0.4, -0.2) is 54.0 Å². The summed E-state index contributed by atoms with van der Waals surface area (Å²) in [5, 5.41) is 23.1. The summed E-state index contributed by atoms with van der Waals surface area (Å²) in [6.45, 7) is 0.178. The predicted molar refractivity (Wildman–Crippen MR) is 116 cm³/mol. The van der Waals surface area contributed by atoms with E-state index in [1.807, 2.05) is 24.3 Å². The number of fused-ring (bicyclic) bond motifs is 3. The number of rotatable bonds is 9. The molecule has 8 heteroatoms. The molecule has 2 aromatic rings. The SMILES string of the molecule is O=C(NC[C@H]1C[C@H]1C(=O)N[C@@H](CCO)C(=O)O)OCC1c2ccccc2-c2ccccc21. The van der Waals surface area contributed by atoms with E-state index < -0.39 is 18.1 Å². The number of benzene rings is 2. The Morgan fingerprint density at radius 2 is 1.66 bits per heavy atom. The van der Waals surface area contributed by atoms with E-state index in [0.717, 1.165) is 22.3 Å². The second-order valence-electron chi connectivity index (χ2n) is 8.22. The third-order valence-corrected chi connectivity index (χ3v) is 6.14. The first kappa shape index (κ1) is 21.8. The van der Waals surface area contributed by atoms with Crippen LogP contribution in [0.1, 0.15) is 29.9 Å². The normalized spacial score (nSPS) is 19.4. The molecule has 2 amide bonds. The van der Waals surface area contributed by atoms with Crippen LogP contribution in [0.4, 0.5) is 4.79 Å². The summed E-state index contributed by atoms with van der Waals surface area (Å²) in [6.07, 6.45) is -0.0150. The fourth-order valence-electron chi connectivity index (χ4n) is 4.32. The zero-order valence-electron chi connectivity index (χ0n) is 17.5. The van der Waals surface area contributed by atoms with Gasteiger partial charge in [0.1, 0.15) is 12.6 Å². The number of aliphatic carboxylic acids is 1. The molecule has 2 aliphatic carbocycles. The molecule has 168 valence electrons. The Balaban J connectivity index is 1.25. The Kier molecular flexibility index (Phi) is 6.41. The Labute approximate surface area is 185 Å². The van der Waals surface area contributed by atoms with Gasteiger partial charge in [-0.15, -0.1) is 0 Å². The Bertz CT molecular complexity index is 978. The lowest BCUT2D eigenvalue weighted by Gasteiger charge is -2.15. The molecule has 3 atom stereocenters. The lowest BCUT2D eigenvalue weighted by atomic mass is 9.98. The molecule has 2 aromatic carbocycles. The van der Waals surface area contributed by atoms with Gasteiger partial charge in [0.25, 0.3) is 0 Å². The van der Waals surface area contributed by atoms with Crippen molar-refractivity contribution in [1.82, 2.24) is 10.6 Å². The monoisotopic (exact) mass is 438 g/mol. The number of carboxylic acid groups (broad SMARTS) is 1. The van der Waals surface area contributed by atoms with Crippen LogP contribution in [0.25, 0.3) is 11.1 Å². The molecular weight excluding hydrogens is 412 g/mol. The van der Waals surface area contributed by atoms with Crippen LogP contribution >= 0.6 is 0 Å².